The second kappa shape index (κ2) is 9.98. The molecule has 0 amide bonds. The Morgan fingerprint density at radius 1 is 1.11 bits per heavy atom. The van der Waals surface area contributed by atoms with E-state index in [1.54, 1.807) is 0 Å². The highest BCUT2D eigenvalue weighted by Crippen LogP contribution is 2.20. The van der Waals surface area contributed by atoms with E-state index in [1.165, 1.54) is 25.9 Å². The van der Waals surface area contributed by atoms with Crippen molar-refractivity contribution in [3.63, 3.8) is 0 Å². The molecule has 0 radical (unpaired) electrons. The van der Waals surface area contributed by atoms with Crippen LogP contribution in [0, 0.1) is 5.92 Å². The first-order valence-electron chi connectivity index (χ1n) is 10.6. The van der Waals surface area contributed by atoms with Crippen LogP contribution in [-0.2, 0) is 0 Å². The molecule has 1 N–H and O–H groups in total. The first kappa shape index (κ1) is 20.0. The number of ether oxygens (including phenoxy) is 1. The van der Waals surface area contributed by atoms with Gasteiger partial charge in [-0.1, -0.05) is 32.0 Å². The van der Waals surface area contributed by atoms with Gasteiger partial charge in [0, 0.05) is 45.6 Å². The van der Waals surface area contributed by atoms with Crippen LogP contribution in [0.25, 0.3) is 0 Å². The van der Waals surface area contributed by atoms with Crippen LogP contribution < -0.4 is 10.1 Å². The molecule has 3 rings (SSSR count). The minimum Gasteiger partial charge on any atom is -0.490 e. The van der Waals surface area contributed by atoms with E-state index in [0.29, 0.717) is 18.1 Å². The summed E-state index contributed by atoms with van der Waals surface area (Å²) in [5, 5.41) is 3.66. The first-order chi connectivity index (χ1) is 13.2. The standard InChI is InChI=1S/C22H36N4O/c1-18(2)21(25-13-7-8-14-25)17-24-22(23-3)26-15-11-20(12-16-26)27-19-9-5-4-6-10-19/h4-6,9-10,18,20-21H,7-8,11-17H2,1-3H3,(H,23,24). The van der Waals surface area contributed by atoms with Gasteiger partial charge in [-0.15, -0.1) is 0 Å². The maximum absolute atomic E-state index is 6.12. The van der Waals surface area contributed by atoms with E-state index in [2.05, 4.69) is 34.0 Å². The smallest absolute Gasteiger partial charge is 0.193 e. The second-order valence-electron chi connectivity index (χ2n) is 8.10. The molecule has 1 aromatic carbocycles. The predicted octanol–water partition coefficient (Wildman–Crippen LogP) is 3.23. The molecule has 5 heteroatoms. The SMILES string of the molecule is CN=C(NCC(C(C)C)N1CCCC1)N1CCC(Oc2ccccc2)CC1. The van der Waals surface area contributed by atoms with Crippen molar-refractivity contribution in [2.75, 3.05) is 39.8 Å². The molecule has 5 nitrogen and oxygen atoms in total. The second-order valence-corrected chi connectivity index (χ2v) is 8.10. The van der Waals surface area contributed by atoms with Crippen LogP contribution in [-0.4, -0.2) is 67.7 Å². The van der Waals surface area contributed by atoms with Crippen molar-refractivity contribution >= 4 is 5.96 Å². The van der Waals surface area contributed by atoms with Gasteiger partial charge in [-0.3, -0.25) is 9.89 Å². The van der Waals surface area contributed by atoms with Crippen molar-refractivity contribution in [1.29, 1.82) is 0 Å². The van der Waals surface area contributed by atoms with Crippen LogP contribution in [0.2, 0.25) is 0 Å². The third kappa shape index (κ3) is 5.61. The van der Waals surface area contributed by atoms with Crippen molar-refractivity contribution in [3.8, 4) is 5.75 Å². The number of aliphatic imine (C=N–C) groups is 1. The third-order valence-electron chi connectivity index (χ3n) is 5.85. The summed E-state index contributed by atoms with van der Waals surface area (Å²) in [6.45, 7) is 10.1. The van der Waals surface area contributed by atoms with Crippen molar-refractivity contribution in [3.05, 3.63) is 30.3 Å². The summed E-state index contributed by atoms with van der Waals surface area (Å²) in [6.07, 6.45) is 5.06. The number of piperidine rings is 1. The van der Waals surface area contributed by atoms with Crippen LogP contribution in [0.5, 0.6) is 5.75 Å². The monoisotopic (exact) mass is 372 g/mol. The fourth-order valence-corrected chi connectivity index (χ4v) is 4.26. The number of benzene rings is 1. The molecule has 2 saturated heterocycles. The Hall–Kier alpha value is -1.75. The van der Waals surface area contributed by atoms with Crippen LogP contribution in [0.4, 0.5) is 0 Å². The molecular weight excluding hydrogens is 336 g/mol. The topological polar surface area (TPSA) is 40.1 Å². The van der Waals surface area contributed by atoms with Gasteiger partial charge >= 0.3 is 0 Å². The number of rotatable bonds is 6. The molecule has 0 saturated carbocycles. The predicted molar refractivity (Wildman–Crippen MR) is 112 cm³/mol. The highest BCUT2D eigenvalue weighted by molar-refractivity contribution is 5.80. The van der Waals surface area contributed by atoms with E-state index >= 15 is 0 Å². The van der Waals surface area contributed by atoms with Crippen molar-refractivity contribution in [2.45, 2.75) is 51.7 Å². The maximum atomic E-state index is 6.12. The summed E-state index contributed by atoms with van der Waals surface area (Å²) in [4.78, 5) is 9.58. The third-order valence-corrected chi connectivity index (χ3v) is 5.85. The van der Waals surface area contributed by atoms with E-state index in [1.807, 2.05) is 37.4 Å². The Morgan fingerprint density at radius 3 is 2.37 bits per heavy atom. The quantitative estimate of drug-likeness (QED) is 0.615. The van der Waals surface area contributed by atoms with Crippen molar-refractivity contribution in [1.82, 2.24) is 15.1 Å². The van der Waals surface area contributed by atoms with Crippen molar-refractivity contribution < 1.29 is 4.74 Å². The summed E-state index contributed by atoms with van der Waals surface area (Å²) in [5.41, 5.74) is 0. The Morgan fingerprint density at radius 2 is 1.78 bits per heavy atom. The zero-order valence-corrected chi connectivity index (χ0v) is 17.2. The molecule has 0 spiro atoms. The lowest BCUT2D eigenvalue weighted by Crippen LogP contribution is -2.52. The number of nitrogens with zero attached hydrogens (tertiary/aromatic N) is 3. The zero-order valence-electron chi connectivity index (χ0n) is 17.2. The molecular formula is C22H36N4O. The number of hydrogen-bond donors (Lipinski definition) is 1. The minimum atomic E-state index is 0.301. The van der Waals surface area contributed by atoms with E-state index in [-0.39, 0.29) is 0 Å². The highest BCUT2D eigenvalue weighted by atomic mass is 16.5. The summed E-state index contributed by atoms with van der Waals surface area (Å²) < 4.78 is 6.12. The molecule has 1 atom stereocenters. The summed E-state index contributed by atoms with van der Waals surface area (Å²) in [6, 6.07) is 10.7. The first-order valence-corrected chi connectivity index (χ1v) is 10.6. The van der Waals surface area contributed by atoms with Gasteiger partial charge in [0.25, 0.3) is 0 Å². The van der Waals surface area contributed by atoms with Gasteiger partial charge in [-0.05, 0) is 44.0 Å². The lowest BCUT2D eigenvalue weighted by atomic mass is 10.0. The van der Waals surface area contributed by atoms with Gasteiger partial charge < -0.3 is 15.0 Å². The molecule has 1 aromatic rings. The molecule has 2 fully saturated rings. The molecule has 2 aliphatic heterocycles. The van der Waals surface area contributed by atoms with E-state index in [0.717, 1.165) is 44.2 Å². The fraction of sp³-hybridized carbons (Fsp3) is 0.682. The Kier molecular flexibility index (Phi) is 7.39. The van der Waals surface area contributed by atoms with E-state index in [4.69, 9.17) is 4.74 Å². The van der Waals surface area contributed by atoms with Crippen LogP contribution in [0.1, 0.15) is 39.5 Å². The van der Waals surface area contributed by atoms with Gasteiger partial charge in [0.15, 0.2) is 5.96 Å². The number of para-hydroxylation sites is 1. The van der Waals surface area contributed by atoms with Gasteiger partial charge in [0.1, 0.15) is 11.9 Å². The highest BCUT2D eigenvalue weighted by Gasteiger charge is 2.27. The number of nitrogens with one attached hydrogen (secondary N) is 1. The van der Waals surface area contributed by atoms with Crippen LogP contribution in [0.15, 0.2) is 35.3 Å². The molecule has 0 aliphatic carbocycles. The molecule has 2 heterocycles. The van der Waals surface area contributed by atoms with Crippen LogP contribution >= 0.6 is 0 Å². The average molecular weight is 373 g/mol. The van der Waals surface area contributed by atoms with Gasteiger partial charge in [-0.25, -0.2) is 0 Å². The summed E-state index contributed by atoms with van der Waals surface area (Å²) >= 11 is 0. The Balaban J connectivity index is 1.47. The largest absolute Gasteiger partial charge is 0.490 e. The fourth-order valence-electron chi connectivity index (χ4n) is 4.26. The van der Waals surface area contributed by atoms with Gasteiger partial charge in [-0.2, -0.15) is 0 Å². The maximum Gasteiger partial charge on any atom is 0.193 e. The molecule has 0 bridgehead atoms. The molecule has 150 valence electrons. The Bertz CT molecular complexity index is 575. The Labute approximate surface area is 164 Å². The molecule has 1 unspecified atom stereocenters. The van der Waals surface area contributed by atoms with Gasteiger partial charge in [0.05, 0.1) is 0 Å². The number of likely N-dealkylation sites (tertiary alicyclic amines) is 2. The zero-order chi connectivity index (χ0) is 19.1. The summed E-state index contributed by atoms with van der Waals surface area (Å²) in [7, 11) is 1.90. The summed E-state index contributed by atoms with van der Waals surface area (Å²) in [5.74, 6) is 2.67. The average Bonchev–Trinajstić information content (AvgIpc) is 3.21. The van der Waals surface area contributed by atoms with E-state index < -0.39 is 0 Å². The molecule has 27 heavy (non-hydrogen) atoms. The van der Waals surface area contributed by atoms with Crippen LogP contribution in [0.3, 0.4) is 0 Å². The molecule has 0 aromatic heterocycles. The normalized spacial score (nSPS) is 20.9. The minimum absolute atomic E-state index is 0.301. The van der Waals surface area contributed by atoms with Gasteiger partial charge in [0.2, 0.25) is 0 Å². The van der Waals surface area contributed by atoms with Crippen molar-refractivity contribution in [2.24, 2.45) is 10.9 Å². The lowest BCUT2D eigenvalue weighted by molar-refractivity contribution is 0.128. The van der Waals surface area contributed by atoms with E-state index in [9.17, 15) is 0 Å². The number of guanidine groups is 1. The number of hydrogen-bond acceptors (Lipinski definition) is 3. The molecule has 2 aliphatic rings. The lowest BCUT2D eigenvalue weighted by Gasteiger charge is -2.36.